The minimum Gasteiger partial charge on any atom is -0.345 e. The monoisotopic (exact) mass is 266 g/mol. The van der Waals surface area contributed by atoms with Crippen molar-refractivity contribution in [3.05, 3.63) is 58.4 Å². The van der Waals surface area contributed by atoms with Crippen LogP contribution in [0.2, 0.25) is 0 Å². The molecule has 0 saturated heterocycles. The fourth-order valence-electron chi connectivity index (χ4n) is 4.19. The van der Waals surface area contributed by atoms with Crippen molar-refractivity contribution in [2.75, 3.05) is 0 Å². The summed E-state index contributed by atoms with van der Waals surface area (Å²) in [6.07, 6.45) is 5.92. The zero-order valence-corrected chi connectivity index (χ0v) is 12.1. The third-order valence-electron chi connectivity index (χ3n) is 5.09. The molecule has 1 heterocycles. The summed E-state index contributed by atoms with van der Waals surface area (Å²) in [6, 6.07) is 12.1. The number of aromatic nitrogens is 1. The Labute approximate surface area is 120 Å². The first-order valence-corrected chi connectivity index (χ1v) is 7.77. The van der Waals surface area contributed by atoms with Crippen LogP contribution in [-0.4, -0.2) is 4.57 Å². The van der Waals surface area contributed by atoms with Crippen LogP contribution in [0.3, 0.4) is 0 Å². The lowest BCUT2D eigenvalue weighted by atomic mass is 9.93. The number of aryl methyl sites for hydroxylation is 1. The van der Waals surface area contributed by atoms with Crippen molar-refractivity contribution in [3.63, 3.8) is 0 Å². The second-order valence-corrected chi connectivity index (χ2v) is 6.39. The molecule has 2 aliphatic rings. The number of nitrogens with zero attached hydrogens (tertiary/aromatic N) is 1. The van der Waals surface area contributed by atoms with Gasteiger partial charge in [0.2, 0.25) is 0 Å². The molecule has 1 atom stereocenters. The van der Waals surface area contributed by atoms with Crippen LogP contribution in [0, 0.1) is 6.92 Å². The Morgan fingerprint density at radius 3 is 2.55 bits per heavy atom. The van der Waals surface area contributed by atoms with E-state index in [1.807, 2.05) is 0 Å². The first-order valence-electron chi connectivity index (χ1n) is 7.77. The van der Waals surface area contributed by atoms with Crippen molar-refractivity contribution in [3.8, 4) is 0 Å². The Morgan fingerprint density at radius 1 is 1.15 bits per heavy atom. The maximum absolute atomic E-state index is 6.30. The topological polar surface area (TPSA) is 30.9 Å². The normalized spacial score (nSPS) is 21.8. The van der Waals surface area contributed by atoms with E-state index in [9.17, 15) is 0 Å². The molecular formula is C18H22N2. The maximum Gasteiger partial charge on any atom is 0.0416 e. The number of nitrogens with two attached hydrogens (primary N) is 1. The summed E-state index contributed by atoms with van der Waals surface area (Å²) in [5.41, 5.74) is 13.7. The van der Waals surface area contributed by atoms with Crippen molar-refractivity contribution in [2.24, 2.45) is 5.73 Å². The van der Waals surface area contributed by atoms with Crippen molar-refractivity contribution in [2.45, 2.75) is 51.1 Å². The van der Waals surface area contributed by atoms with Gasteiger partial charge in [0.05, 0.1) is 0 Å². The van der Waals surface area contributed by atoms with E-state index in [1.165, 1.54) is 53.8 Å². The van der Waals surface area contributed by atoms with E-state index in [4.69, 9.17) is 5.73 Å². The molecule has 0 fully saturated rings. The summed E-state index contributed by atoms with van der Waals surface area (Å²) in [5.74, 6) is 0. The number of benzene rings is 1. The molecule has 20 heavy (non-hydrogen) atoms. The highest BCUT2D eigenvalue weighted by molar-refractivity contribution is 5.37. The van der Waals surface area contributed by atoms with Gasteiger partial charge in [-0.25, -0.2) is 0 Å². The van der Waals surface area contributed by atoms with E-state index in [-0.39, 0.29) is 6.04 Å². The van der Waals surface area contributed by atoms with E-state index in [0.29, 0.717) is 6.04 Å². The number of fused-ring (bicyclic) bond motifs is 2. The van der Waals surface area contributed by atoms with Gasteiger partial charge in [0.1, 0.15) is 0 Å². The van der Waals surface area contributed by atoms with Crippen LogP contribution in [0.4, 0.5) is 0 Å². The minimum absolute atomic E-state index is 0.252. The second-order valence-electron chi connectivity index (χ2n) is 6.39. The molecule has 2 aromatic rings. The highest BCUT2D eigenvalue weighted by Crippen LogP contribution is 2.37. The first-order chi connectivity index (χ1) is 9.74. The smallest absolute Gasteiger partial charge is 0.0416 e. The van der Waals surface area contributed by atoms with Gasteiger partial charge in [-0.3, -0.25) is 0 Å². The van der Waals surface area contributed by atoms with Crippen molar-refractivity contribution in [1.29, 1.82) is 0 Å². The van der Waals surface area contributed by atoms with Gasteiger partial charge < -0.3 is 10.3 Å². The molecule has 2 aliphatic carbocycles. The van der Waals surface area contributed by atoms with Gasteiger partial charge in [0, 0.05) is 23.5 Å². The van der Waals surface area contributed by atoms with E-state index < -0.39 is 0 Å². The van der Waals surface area contributed by atoms with E-state index in [1.54, 1.807) is 0 Å². The van der Waals surface area contributed by atoms with Gasteiger partial charge >= 0.3 is 0 Å². The van der Waals surface area contributed by atoms with Gasteiger partial charge in [0.15, 0.2) is 0 Å². The van der Waals surface area contributed by atoms with Crippen LogP contribution in [0.5, 0.6) is 0 Å². The molecular weight excluding hydrogens is 244 g/mol. The van der Waals surface area contributed by atoms with Gasteiger partial charge in [-0.15, -0.1) is 0 Å². The molecule has 2 nitrogen and oxygen atoms in total. The molecule has 0 radical (unpaired) electrons. The Balaban J connectivity index is 1.74. The number of hydrogen-bond donors (Lipinski definition) is 1. The average Bonchev–Trinajstić information content (AvgIpc) is 2.99. The fourth-order valence-corrected chi connectivity index (χ4v) is 4.19. The number of hydrogen-bond acceptors (Lipinski definition) is 1. The van der Waals surface area contributed by atoms with Gasteiger partial charge in [-0.05, 0) is 61.8 Å². The van der Waals surface area contributed by atoms with E-state index in [0.717, 1.165) is 6.42 Å². The quantitative estimate of drug-likeness (QED) is 0.842. The first kappa shape index (κ1) is 12.2. The Bertz CT molecular complexity index is 628. The molecule has 1 aromatic heterocycles. The lowest BCUT2D eigenvalue weighted by Crippen LogP contribution is -2.20. The zero-order chi connectivity index (χ0) is 13.7. The highest BCUT2D eigenvalue weighted by atomic mass is 15.0. The van der Waals surface area contributed by atoms with Gasteiger partial charge in [-0.2, -0.15) is 0 Å². The molecule has 2 heteroatoms. The standard InChI is InChI=1S/C18H22N2/c1-12-9-16-17(19)7-4-8-18(16)20(12)15-10-13-5-2-3-6-14(13)11-15/h2-3,5-6,9,15,17H,4,7-8,10-11,19H2,1H3. The van der Waals surface area contributed by atoms with Crippen LogP contribution in [0.15, 0.2) is 30.3 Å². The van der Waals surface area contributed by atoms with Crippen molar-refractivity contribution >= 4 is 0 Å². The van der Waals surface area contributed by atoms with Crippen LogP contribution in [0.1, 0.15) is 53.0 Å². The molecule has 0 bridgehead atoms. The molecule has 1 unspecified atom stereocenters. The molecule has 4 rings (SSSR count). The Morgan fingerprint density at radius 2 is 1.85 bits per heavy atom. The lowest BCUT2D eigenvalue weighted by molar-refractivity contribution is 0.474. The van der Waals surface area contributed by atoms with Crippen LogP contribution < -0.4 is 5.73 Å². The van der Waals surface area contributed by atoms with Crippen molar-refractivity contribution in [1.82, 2.24) is 4.57 Å². The minimum atomic E-state index is 0.252. The van der Waals surface area contributed by atoms with Crippen LogP contribution >= 0.6 is 0 Å². The second kappa shape index (κ2) is 4.49. The third-order valence-corrected chi connectivity index (χ3v) is 5.09. The zero-order valence-electron chi connectivity index (χ0n) is 12.1. The van der Waals surface area contributed by atoms with Gasteiger partial charge in [0.25, 0.3) is 0 Å². The largest absolute Gasteiger partial charge is 0.345 e. The molecule has 1 aromatic carbocycles. The van der Waals surface area contributed by atoms with E-state index >= 15 is 0 Å². The average molecular weight is 266 g/mol. The summed E-state index contributed by atoms with van der Waals surface area (Å²) in [6.45, 7) is 2.24. The van der Waals surface area contributed by atoms with Crippen molar-refractivity contribution < 1.29 is 0 Å². The summed E-state index contributed by atoms with van der Waals surface area (Å²) in [7, 11) is 0. The summed E-state index contributed by atoms with van der Waals surface area (Å²) in [5, 5.41) is 0. The van der Waals surface area contributed by atoms with Crippen LogP contribution in [-0.2, 0) is 19.3 Å². The molecule has 2 N–H and O–H groups in total. The summed E-state index contributed by atoms with van der Waals surface area (Å²) >= 11 is 0. The lowest BCUT2D eigenvalue weighted by Gasteiger charge is -2.24. The van der Waals surface area contributed by atoms with E-state index in [2.05, 4.69) is 41.8 Å². The Kier molecular flexibility index (Phi) is 2.74. The molecule has 104 valence electrons. The maximum atomic E-state index is 6.30. The fraction of sp³-hybridized carbons (Fsp3) is 0.444. The van der Waals surface area contributed by atoms with Gasteiger partial charge in [-0.1, -0.05) is 24.3 Å². The summed E-state index contributed by atoms with van der Waals surface area (Å²) < 4.78 is 2.59. The number of rotatable bonds is 1. The molecule has 0 spiro atoms. The predicted octanol–water partition coefficient (Wildman–Crippen LogP) is 3.47. The molecule has 0 amide bonds. The third kappa shape index (κ3) is 1.75. The summed E-state index contributed by atoms with van der Waals surface area (Å²) in [4.78, 5) is 0. The molecule has 0 saturated carbocycles. The SMILES string of the molecule is Cc1cc2c(n1C1Cc3ccccc3C1)CCCC2N. The van der Waals surface area contributed by atoms with Crippen LogP contribution in [0.25, 0.3) is 0 Å². The molecule has 0 aliphatic heterocycles. The highest BCUT2D eigenvalue weighted by Gasteiger charge is 2.29. The Hall–Kier alpha value is -1.54. The predicted molar refractivity (Wildman–Crippen MR) is 81.9 cm³/mol.